The van der Waals surface area contributed by atoms with Crippen molar-refractivity contribution in [2.45, 2.75) is 44.9 Å². The molecule has 1 aliphatic rings. The Kier molecular flexibility index (Phi) is 5.84. The molecule has 0 radical (unpaired) electrons. The van der Waals surface area contributed by atoms with Gasteiger partial charge in [-0.1, -0.05) is 43.7 Å². The summed E-state index contributed by atoms with van der Waals surface area (Å²) in [7, 11) is 0. The molecule has 1 nitrogen and oxygen atoms in total. The predicted molar refractivity (Wildman–Crippen MR) is 83.5 cm³/mol. The minimum absolute atomic E-state index is 0.770. The molecule has 0 saturated heterocycles. The second kappa shape index (κ2) is 7.40. The van der Waals surface area contributed by atoms with Crippen LogP contribution < -0.4 is 5.32 Å². The van der Waals surface area contributed by atoms with E-state index in [1.807, 2.05) is 6.07 Å². The molecule has 0 aromatic heterocycles. The molecule has 1 saturated carbocycles. The summed E-state index contributed by atoms with van der Waals surface area (Å²) < 4.78 is 0.965. The summed E-state index contributed by atoms with van der Waals surface area (Å²) in [6.45, 7) is 1.09. The van der Waals surface area contributed by atoms with E-state index in [1.165, 1.54) is 44.9 Å². The van der Waals surface area contributed by atoms with Crippen LogP contribution in [0.3, 0.4) is 0 Å². The molecule has 100 valence electrons. The van der Waals surface area contributed by atoms with Gasteiger partial charge < -0.3 is 5.32 Å². The van der Waals surface area contributed by atoms with Gasteiger partial charge in [0.15, 0.2) is 0 Å². The first-order valence-electron chi connectivity index (χ1n) is 6.94. The van der Waals surface area contributed by atoms with Crippen molar-refractivity contribution in [1.82, 2.24) is 0 Å². The van der Waals surface area contributed by atoms with Gasteiger partial charge in [-0.15, -0.1) is 0 Å². The first-order valence-corrected chi connectivity index (χ1v) is 8.12. The van der Waals surface area contributed by atoms with Crippen LogP contribution in [0, 0.1) is 5.92 Å². The first-order chi connectivity index (χ1) is 8.75. The molecule has 0 bridgehead atoms. The third-order valence-corrected chi connectivity index (χ3v) is 4.95. The number of benzene rings is 1. The Morgan fingerprint density at radius 2 is 1.78 bits per heavy atom. The Hall–Kier alpha value is -0.210. The predicted octanol–water partition coefficient (Wildman–Crippen LogP) is 5.87. The Balaban J connectivity index is 1.83. The Bertz CT molecular complexity index is 373. The van der Waals surface area contributed by atoms with Crippen molar-refractivity contribution in [3.63, 3.8) is 0 Å². The maximum absolute atomic E-state index is 5.99. The van der Waals surface area contributed by atoms with E-state index in [9.17, 15) is 0 Å². The SMILES string of the molecule is Clc1ccc(NCC2CCCCCCC2)cc1Br. The van der Waals surface area contributed by atoms with E-state index in [0.717, 1.165) is 27.6 Å². The number of rotatable bonds is 3. The molecular formula is C15H21BrClN. The minimum atomic E-state index is 0.770. The van der Waals surface area contributed by atoms with Gasteiger partial charge in [0.1, 0.15) is 0 Å². The van der Waals surface area contributed by atoms with E-state index in [0.29, 0.717) is 0 Å². The van der Waals surface area contributed by atoms with Crippen molar-refractivity contribution in [1.29, 1.82) is 0 Å². The fourth-order valence-electron chi connectivity index (χ4n) is 2.61. The zero-order valence-electron chi connectivity index (χ0n) is 10.7. The summed E-state index contributed by atoms with van der Waals surface area (Å²) in [6, 6.07) is 6.05. The van der Waals surface area contributed by atoms with Crippen LogP contribution in [-0.4, -0.2) is 6.54 Å². The molecular weight excluding hydrogens is 310 g/mol. The number of hydrogen-bond acceptors (Lipinski definition) is 1. The van der Waals surface area contributed by atoms with Crippen molar-refractivity contribution in [2.75, 3.05) is 11.9 Å². The van der Waals surface area contributed by atoms with Crippen LogP contribution in [0.1, 0.15) is 44.9 Å². The fraction of sp³-hybridized carbons (Fsp3) is 0.600. The molecule has 0 amide bonds. The van der Waals surface area contributed by atoms with E-state index in [-0.39, 0.29) is 0 Å². The molecule has 0 aliphatic heterocycles. The largest absolute Gasteiger partial charge is 0.385 e. The zero-order chi connectivity index (χ0) is 12.8. The molecule has 1 aromatic rings. The van der Waals surface area contributed by atoms with Crippen LogP contribution in [-0.2, 0) is 0 Å². The van der Waals surface area contributed by atoms with E-state index >= 15 is 0 Å². The smallest absolute Gasteiger partial charge is 0.0549 e. The lowest BCUT2D eigenvalue weighted by Crippen LogP contribution is -2.15. The fourth-order valence-corrected chi connectivity index (χ4v) is 3.11. The number of halogens is 2. The molecule has 0 atom stereocenters. The van der Waals surface area contributed by atoms with E-state index in [4.69, 9.17) is 11.6 Å². The molecule has 1 aliphatic carbocycles. The van der Waals surface area contributed by atoms with Gasteiger partial charge >= 0.3 is 0 Å². The van der Waals surface area contributed by atoms with Crippen LogP contribution in [0.2, 0.25) is 5.02 Å². The summed E-state index contributed by atoms with van der Waals surface area (Å²) in [5.74, 6) is 0.833. The summed E-state index contributed by atoms with van der Waals surface area (Å²) in [5.41, 5.74) is 1.16. The van der Waals surface area contributed by atoms with Gasteiger partial charge in [-0.2, -0.15) is 0 Å². The minimum Gasteiger partial charge on any atom is -0.385 e. The van der Waals surface area contributed by atoms with Crippen molar-refractivity contribution in [2.24, 2.45) is 5.92 Å². The standard InChI is InChI=1S/C15H21BrClN/c16-14-10-13(8-9-15(14)17)18-11-12-6-4-2-1-3-5-7-12/h8-10,12,18H,1-7,11H2. The first kappa shape index (κ1) is 14.2. The Labute approximate surface area is 123 Å². The average Bonchev–Trinajstić information content (AvgIpc) is 2.32. The Morgan fingerprint density at radius 3 is 2.44 bits per heavy atom. The Morgan fingerprint density at radius 1 is 1.11 bits per heavy atom. The lowest BCUT2D eigenvalue weighted by Gasteiger charge is -2.20. The maximum atomic E-state index is 5.99. The third kappa shape index (κ3) is 4.47. The number of hydrogen-bond donors (Lipinski definition) is 1. The van der Waals surface area contributed by atoms with Crippen LogP contribution in [0.15, 0.2) is 22.7 Å². The maximum Gasteiger partial charge on any atom is 0.0549 e. The van der Waals surface area contributed by atoms with Crippen molar-refractivity contribution in [3.8, 4) is 0 Å². The molecule has 0 spiro atoms. The summed E-state index contributed by atoms with van der Waals surface area (Å²) in [4.78, 5) is 0. The molecule has 18 heavy (non-hydrogen) atoms. The van der Waals surface area contributed by atoms with Gasteiger partial charge in [-0.3, -0.25) is 0 Å². The van der Waals surface area contributed by atoms with E-state index < -0.39 is 0 Å². The molecule has 0 unspecified atom stereocenters. The molecule has 2 rings (SSSR count). The summed E-state index contributed by atoms with van der Waals surface area (Å²) in [5, 5.41) is 4.31. The second-order valence-electron chi connectivity index (χ2n) is 5.22. The topological polar surface area (TPSA) is 12.0 Å². The van der Waals surface area contributed by atoms with Crippen LogP contribution in [0.25, 0.3) is 0 Å². The van der Waals surface area contributed by atoms with Crippen molar-refractivity contribution >= 4 is 33.2 Å². The molecule has 1 N–H and O–H groups in total. The number of nitrogens with one attached hydrogen (secondary N) is 1. The zero-order valence-corrected chi connectivity index (χ0v) is 13.1. The van der Waals surface area contributed by atoms with E-state index in [1.54, 1.807) is 0 Å². The third-order valence-electron chi connectivity index (χ3n) is 3.74. The van der Waals surface area contributed by atoms with Gasteiger partial charge in [0.25, 0.3) is 0 Å². The lowest BCUT2D eigenvalue weighted by molar-refractivity contribution is 0.392. The van der Waals surface area contributed by atoms with Gasteiger partial charge in [0.2, 0.25) is 0 Å². The molecule has 3 heteroatoms. The summed E-state index contributed by atoms with van der Waals surface area (Å²) >= 11 is 9.46. The van der Waals surface area contributed by atoms with Crippen LogP contribution >= 0.6 is 27.5 Å². The monoisotopic (exact) mass is 329 g/mol. The highest BCUT2D eigenvalue weighted by Gasteiger charge is 2.11. The molecule has 1 fully saturated rings. The summed E-state index contributed by atoms with van der Waals surface area (Å²) in [6.07, 6.45) is 9.83. The lowest BCUT2D eigenvalue weighted by atomic mass is 9.91. The normalized spacial score (nSPS) is 18.1. The van der Waals surface area contributed by atoms with Gasteiger partial charge in [0, 0.05) is 16.7 Å². The highest BCUT2D eigenvalue weighted by Crippen LogP contribution is 2.27. The van der Waals surface area contributed by atoms with Gasteiger partial charge in [0.05, 0.1) is 5.02 Å². The van der Waals surface area contributed by atoms with Gasteiger partial charge in [-0.25, -0.2) is 0 Å². The van der Waals surface area contributed by atoms with Crippen molar-refractivity contribution < 1.29 is 0 Å². The van der Waals surface area contributed by atoms with Crippen LogP contribution in [0.4, 0.5) is 5.69 Å². The van der Waals surface area contributed by atoms with Gasteiger partial charge in [-0.05, 0) is 52.9 Å². The highest BCUT2D eigenvalue weighted by molar-refractivity contribution is 9.10. The second-order valence-corrected chi connectivity index (χ2v) is 6.48. The van der Waals surface area contributed by atoms with Crippen molar-refractivity contribution in [3.05, 3.63) is 27.7 Å². The highest BCUT2D eigenvalue weighted by atomic mass is 79.9. The molecule has 1 aromatic carbocycles. The molecule has 0 heterocycles. The quantitative estimate of drug-likeness (QED) is 0.730. The number of anilines is 1. The van der Waals surface area contributed by atoms with Crippen LogP contribution in [0.5, 0.6) is 0 Å². The van der Waals surface area contributed by atoms with E-state index in [2.05, 4.69) is 33.4 Å². The average molecular weight is 331 g/mol.